The number of aromatic amines is 1. The fourth-order valence-corrected chi connectivity index (χ4v) is 2.66. The summed E-state index contributed by atoms with van der Waals surface area (Å²) in [5.74, 6) is 0.738. The zero-order valence-corrected chi connectivity index (χ0v) is 12.0. The number of carbonyl (C=O) groups is 1. The topological polar surface area (TPSA) is 81.2 Å². The molecule has 0 bridgehead atoms. The van der Waals surface area contributed by atoms with Crippen LogP contribution in [0.5, 0.6) is 0 Å². The Bertz CT molecular complexity index is 606. The van der Waals surface area contributed by atoms with E-state index in [2.05, 4.69) is 15.3 Å². The van der Waals surface area contributed by atoms with Crippen LogP contribution < -0.4 is 5.32 Å². The van der Waals surface area contributed by atoms with Gasteiger partial charge in [-0.05, 0) is 31.9 Å². The van der Waals surface area contributed by atoms with E-state index in [0.717, 1.165) is 29.7 Å². The molecule has 3 N–H and O–H groups in total. The van der Waals surface area contributed by atoms with Crippen molar-refractivity contribution in [2.24, 2.45) is 0 Å². The van der Waals surface area contributed by atoms with Crippen LogP contribution in [0.3, 0.4) is 0 Å². The molecule has 0 aliphatic carbocycles. The third kappa shape index (κ3) is 3.00. The normalized spacial score (nSPS) is 20.5. The second-order valence-corrected chi connectivity index (χ2v) is 5.55. The van der Waals surface area contributed by atoms with Gasteiger partial charge in [0.25, 0.3) is 0 Å². The van der Waals surface area contributed by atoms with Gasteiger partial charge in [-0.2, -0.15) is 0 Å². The molecule has 1 aromatic carbocycles. The van der Waals surface area contributed by atoms with E-state index in [1.165, 1.54) is 0 Å². The molecule has 0 spiro atoms. The number of amides is 2. The molecule has 1 aliphatic heterocycles. The SMILES string of the molecule is CC(NC(=O)N1CCCC(O)C1)c1nc2ccccc2[nH]1. The van der Waals surface area contributed by atoms with Gasteiger partial charge in [0.1, 0.15) is 5.82 Å². The number of likely N-dealkylation sites (tertiary alicyclic amines) is 1. The first-order valence-electron chi connectivity index (χ1n) is 7.31. The zero-order valence-electron chi connectivity index (χ0n) is 12.0. The highest BCUT2D eigenvalue weighted by Gasteiger charge is 2.23. The largest absolute Gasteiger partial charge is 0.391 e. The minimum atomic E-state index is -0.411. The number of piperidine rings is 1. The Morgan fingerprint density at radius 1 is 1.52 bits per heavy atom. The third-order valence-electron chi connectivity index (χ3n) is 3.84. The number of para-hydroxylation sites is 2. The molecule has 1 aromatic heterocycles. The van der Waals surface area contributed by atoms with Crippen LogP contribution >= 0.6 is 0 Å². The van der Waals surface area contributed by atoms with Crippen molar-refractivity contribution in [2.75, 3.05) is 13.1 Å². The van der Waals surface area contributed by atoms with Gasteiger partial charge in [0.15, 0.2) is 0 Å². The van der Waals surface area contributed by atoms with Crippen LogP contribution in [0.4, 0.5) is 4.79 Å². The van der Waals surface area contributed by atoms with Gasteiger partial charge in [-0.15, -0.1) is 0 Å². The summed E-state index contributed by atoms with van der Waals surface area (Å²) in [5, 5.41) is 12.6. The first-order chi connectivity index (χ1) is 10.1. The number of urea groups is 1. The van der Waals surface area contributed by atoms with E-state index in [0.29, 0.717) is 13.1 Å². The summed E-state index contributed by atoms with van der Waals surface area (Å²) in [6.45, 7) is 2.99. The van der Waals surface area contributed by atoms with Gasteiger partial charge in [-0.25, -0.2) is 9.78 Å². The highest BCUT2D eigenvalue weighted by atomic mass is 16.3. The first kappa shape index (κ1) is 13.9. The standard InChI is InChI=1S/C15H20N4O2/c1-10(14-17-12-6-2-3-7-13(12)18-14)16-15(21)19-8-4-5-11(20)9-19/h2-3,6-7,10-11,20H,4-5,8-9H2,1H3,(H,16,21)(H,17,18). The molecule has 2 amide bonds. The number of aliphatic hydroxyl groups is 1. The number of H-pyrrole nitrogens is 1. The van der Waals surface area contributed by atoms with Crippen LogP contribution in [-0.4, -0.2) is 45.2 Å². The van der Waals surface area contributed by atoms with Crippen molar-refractivity contribution < 1.29 is 9.90 Å². The fraction of sp³-hybridized carbons (Fsp3) is 0.467. The first-order valence-corrected chi connectivity index (χ1v) is 7.31. The number of aromatic nitrogens is 2. The lowest BCUT2D eigenvalue weighted by Gasteiger charge is -2.31. The highest BCUT2D eigenvalue weighted by Crippen LogP contribution is 2.16. The lowest BCUT2D eigenvalue weighted by Crippen LogP contribution is -2.47. The molecular formula is C15H20N4O2. The Labute approximate surface area is 123 Å². The second-order valence-electron chi connectivity index (χ2n) is 5.55. The van der Waals surface area contributed by atoms with Gasteiger partial charge in [0.2, 0.25) is 0 Å². The summed E-state index contributed by atoms with van der Waals surface area (Å²) in [6, 6.07) is 7.42. The van der Waals surface area contributed by atoms with Crippen molar-refractivity contribution in [3.8, 4) is 0 Å². The summed E-state index contributed by atoms with van der Waals surface area (Å²) < 4.78 is 0. The molecule has 2 aromatic rings. The van der Waals surface area contributed by atoms with Gasteiger partial charge >= 0.3 is 6.03 Å². The molecule has 0 radical (unpaired) electrons. The maximum absolute atomic E-state index is 12.2. The van der Waals surface area contributed by atoms with Crippen LogP contribution in [0.25, 0.3) is 11.0 Å². The minimum Gasteiger partial charge on any atom is -0.391 e. The molecule has 2 heterocycles. The number of rotatable bonds is 2. The Morgan fingerprint density at radius 2 is 2.33 bits per heavy atom. The molecule has 1 aliphatic rings. The zero-order chi connectivity index (χ0) is 14.8. The van der Waals surface area contributed by atoms with Crippen LogP contribution in [0.15, 0.2) is 24.3 Å². The summed E-state index contributed by atoms with van der Waals surface area (Å²) in [7, 11) is 0. The molecule has 1 saturated heterocycles. The molecule has 6 heteroatoms. The molecule has 3 rings (SSSR count). The fourth-order valence-electron chi connectivity index (χ4n) is 2.66. The molecule has 2 atom stereocenters. The molecule has 6 nitrogen and oxygen atoms in total. The molecule has 0 saturated carbocycles. The Morgan fingerprint density at radius 3 is 3.10 bits per heavy atom. The molecular weight excluding hydrogens is 268 g/mol. The number of nitrogens with zero attached hydrogens (tertiary/aromatic N) is 2. The molecule has 112 valence electrons. The van der Waals surface area contributed by atoms with Crippen LogP contribution in [0.1, 0.15) is 31.6 Å². The van der Waals surface area contributed by atoms with Crippen molar-refractivity contribution in [3.05, 3.63) is 30.1 Å². The van der Waals surface area contributed by atoms with Crippen LogP contribution in [0.2, 0.25) is 0 Å². The number of hydrogen-bond acceptors (Lipinski definition) is 3. The number of carbonyl (C=O) groups excluding carboxylic acids is 1. The van der Waals surface area contributed by atoms with Crippen molar-refractivity contribution in [1.29, 1.82) is 0 Å². The van der Waals surface area contributed by atoms with Crippen molar-refractivity contribution in [3.63, 3.8) is 0 Å². The quantitative estimate of drug-likeness (QED) is 0.788. The number of hydrogen-bond donors (Lipinski definition) is 3. The average Bonchev–Trinajstić information content (AvgIpc) is 2.91. The lowest BCUT2D eigenvalue weighted by molar-refractivity contribution is 0.0834. The number of fused-ring (bicyclic) bond motifs is 1. The number of aliphatic hydroxyl groups excluding tert-OH is 1. The van der Waals surface area contributed by atoms with E-state index < -0.39 is 6.10 Å². The maximum atomic E-state index is 12.2. The van der Waals surface area contributed by atoms with E-state index >= 15 is 0 Å². The van der Waals surface area contributed by atoms with Gasteiger partial charge in [0.05, 0.1) is 23.2 Å². The third-order valence-corrected chi connectivity index (χ3v) is 3.84. The van der Waals surface area contributed by atoms with Crippen molar-refractivity contribution in [2.45, 2.75) is 31.9 Å². The van der Waals surface area contributed by atoms with Crippen molar-refractivity contribution in [1.82, 2.24) is 20.2 Å². The second kappa shape index (κ2) is 5.73. The van der Waals surface area contributed by atoms with E-state index in [4.69, 9.17) is 0 Å². The van der Waals surface area contributed by atoms with Crippen LogP contribution in [0, 0.1) is 0 Å². The smallest absolute Gasteiger partial charge is 0.318 e. The highest BCUT2D eigenvalue weighted by molar-refractivity contribution is 5.76. The van der Waals surface area contributed by atoms with Crippen molar-refractivity contribution >= 4 is 17.1 Å². The monoisotopic (exact) mass is 288 g/mol. The minimum absolute atomic E-state index is 0.151. The number of nitrogens with one attached hydrogen (secondary N) is 2. The predicted molar refractivity (Wildman–Crippen MR) is 79.9 cm³/mol. The maximum Gasteiger partial charge on any atom is 0.318 e. The summed E-state index contributed by atoms with van der Waals surface area (Å²) >= 11 is 0. The van der Waals surface area contributed by atoms with Gasteiger partial charge < -0.3 is 20.3 Å². The Balaban J connectivity index is 1.67. The molecule has 2 unspecified atom stereocenters. The lowest BCUT2D eigenvalue weighted by atomic mass is 10.1. The van der Waals surface area contributed by atoms with E-state index in [9.17, 15) is 9.90 Å². The van der Waals surface area contributed by atoms with E-state index in [-0.39, 0.29) is 12.1 Å². The van der Waals surface area contributed by atoms with E-state index in [1.54, 1.807) is 4.90 Å². The number of imidazole rings is 1. The van der Waals surface area contributed by atoms with Gasteiger partial charge in [-0.1, -0.05) is 12.1 Å². The summed E-state index contributed by atoms with van der Waals surface area (Å²) in [5.41, 5.74) is 1.85. The summed E-state index contributed by atoms with van der Waals surface area (Å²) in [6.07, 6.45) is 1.20. The molecule has 21 heavy (non-hydrogen) atoms. The Hall–Kier alpha value is -2.08. The average molecular weight is 288 g/mol. The number of β-amino-alcohol motifs (C(OH)–C–C–N with tert-alkyl or cyclic N) is 1. The van der Waals surface area contributed by atoms with Gasteiger partial charge in [-0.3, -0.25) is 0 Å². The summed E-state index contributed by atoms with van der Waals surface area (Å²) in [4.78, 5) is 21.6. The Kier molecular flexibility index (Phi) is 3.79. The van der Waals surface area contributed by atoms with Gasteiger partial charge in [0, 0.05) is 13.1 Å². The van der Waals surface area contributed by atoms with E-state index in [1.807, 2.05) is 31.2 Å². The predicted octanol–water partition coefficient (Wildman–Crippen LogP) is 1.79. The van der Waals surface area contributed by atoms with Crippen LogP contribution in [-0.2, 0) is 0 Å². The number of benzene rings is 1. The molecule has 1 fully saturated rings.